The molecule has 0 bridgehead atoms. The van der Waals surface area contributed by atoms with E-state index in [1.54, 1.807) is 13.2 Å². The van der Waals surface area contributed by atoms with Gasteiger partial charge in [0.05, 0.1) is 13.2 Å². The first-order chi connectivity index (χ1) is 16.6. The van der Waals surface area contributed by atoms with Crippen molar-refractivity contribution < 1.29 is 13.9 Å². The van der Waals surface area contributed by atoms with Crippen molar-refractivity contribution >= 4 is 5.91 Å². The molecular formula is C27H34N4O3. The third kappa shape index (κ3) is 5.30. The molecular weight excluding hydrogens is 428 g/mol. The van der Waals surface area contributed by atoms with Crippen LogP contribution in [0, 0.1) is 0 Å². The lowest BCUT2D eigenvalue weighted by Gasteiger charge is -2.30. The Hall–Kier alpha value is -3.19. The van der Waals surface area contributed by atoms with Gasteiger partial charge in [-0.25, -0.2) is 0 Å². The molecule has 7 nitrogen and oxygen atoms in total. The molecule has 4 rings (SSSR count). The van der Waals surface area contributed by atoms with Crippen LogP contribution in [0.4, 0.5) is 0 Å². The molecule has 1 aliphatic rings. The van der Waals surface area contributed by atoms with Gasteiger partial charge in [0.25, 0.3) is 5.91 Å². The first-order valence-electron chi connectivity index (χ1n) is 12.2. The minimum absolute atomic E-state index is 0.0123. The highest BCUT2D eigenvalue weighted by atomic mass is 16.5. The lowest BCUT2D eigenvalue weighted by molar-refractivity contribution is 0.0755. The van der Waals surface area contributed by atoms with Crippen molar-refractivity contribution in [2.24, 2.45) is 0 Å². The minimum Gasteiger partial charge on any atom is -0.497 e. The van der Waals surface area contributed by atoms with Crippen LogP contribution >= 0.6 is 0 Å². The fourth-order valence-corrected chi connectivity index (χ4v) is 4.69. The Bertz CT molecular complexity index is 1080. The molecule has 0 radical (unpaired) electrons. The molecule has 1 amide bonds. The van der Waals surface area contributed by atoms with E-state index in [0.717, 1.165) is 45.3 Å². The highest BCUT2D eigenvalue weighted by molar-refractivity contribution is 5.95. The second kappa shape index (κ2) is 11.3. The number of methoxy groups -OCH3 is 1. The van der Waals surface area contributed by atoms with Crippen molar-refractivity contribution in [2.75, 3.05) is 26.7 Å². The third-order valence-electron chi connectivity index (χ3n) is 6.30. The van der Waals surface area contributed by atoms with Crippen LogP contribution in [0.2, 0.25) is 0 Å². The molecule has 0 unspecified atom stereocenters. The standard InChI is InChI=1S/C27H34N4O3/c1-4-14-31(15-5-2)27(32)21-16-20(17-22(18-21)33-3)25-29-30-26(34-25)24-23(12-9-13-28-24)19-10-7-6-8-11-19/h6-8,10-11,16-18,23-24,28H,4-5,9,12-15H2,1-3H3/t23-,24-/m1/s1. The molecule has 7 heteroatoms. The molecule has 1 N–H and O–H groups in total. The average Bonchev–Trinajstić information content (AvgIpc) is 3.39. The summed E-state index contributed by atoms with van der Waals surface area (Å²) in [6.45, 7) is 6.51. The molecule has 1 saturated heterocycles. The maximum absolute atomic E-state index is 13.2. The second-order valence-corrected chi connectivity index (χ2v) is 8.78. The molecule has 2 aromatic carbocycles. The lowest BCUT2D eigenvalue weighted by Crippen LogP contribution is -2.33. The van der Waals surface area contributed by atoms with Gasteiger partial charge in [-0.2, -0.15) is 0 Å². The predicted molar refractivity (Wildman–Crippen MR) is 132 cm³/mol. The van der Waals surface area contributed by atoms with Gasteiger partial charge in [-0.15, -0.1) is 10.2 Å². The third-order valence-corrected chi connectivity index (χ3v) is 6.30. The second-order valence-electron chi connectivity index (χ2n) is 8.78. The predicted octanol–water partition coefficient (Wildman–Crippen LogP) is 5.22. The highest BCUT2D eigenvalue weighted by Gasteiger charge is 2.32. The number of nitrogens with zero attached hydrogens (tertiary/aromatic N) is 3. The zero-order valence-corrected chi connectivity index (χ0v) is 20.3. The number of nitrogens with one attached hydrogen (secondary N) is 1. The largest absolute Gasteiger partial charge is 0.497 e. The SMILES string of the molecule is CCCN(CCC)C(=O)c1cc(OC)cc(-c2nnc([C@@H]3NCCC[C@@H]3c3ccccc3)o2)c1. The van der Waals surface area contributed by atoms with Gasteiger partial charge in [-0.3, -0.25) is 4.79 Å². The van der Waals surface area contributed by atoms with Crippen molar-refractivity contribution in [1.29, 1.82) is 0 Å². The van der Waals surface area contributed by atoms with Crippen molar-refractivity contribution in [1.82, 2.24) is 20.4 Å². The molecule has 0 spiro atoms. The van der Waals surface area contributed by atoms with Gasteiger partial charge >= 0.3 is 0 Å². The topological polar surface area (TPSA) is 80.5 Å². The summed E-state index contributed by atoms with van der Waals surface area (Å²) in [5, 5.41) is 12.3. The summed E-state index contributed by atoms with van der Waals surface area (Å²) in [7, 11) is 1.60. The van der Waals surface area contributed by atoms with E-state index in [1.165, 1.54) is 5.56 Å². The summed E-state index contributed by atoms with van der Waals surface area (Å²) in [4.78, 5) is 15.1. The zero-order valence-electron chi connectivity index (χ0n) is 20.3. The van der Waals surface area contributed by atoms with E-state index < -0.39 is 0 Å². The molecule has 34 heavy (non-hydrogen) atoms. The molecule has 180 valence electrons. The number of ether oxygens (including phenoxy) is 1. The van der Waals surface area contributed by atoms with Crippen LogP contribution in [0.25, 0.3) is 11.5 Å². The number of aromatic nitrogens is 2. The van der Waals surface area contributed by atoms with Gasteiger partial charge in [0.1, 0.15) is 5.75 Å². The van der Waals surface area contributed by atoms with Gasteiger partial charge in [0.2, 0.25) is 11.8 Å². The van der Waals surface area contributed by atoms with Gasteiger partial charge < -0.3 is 19.4 Å². The summed E-state index contributed by atoms with van der Waals surface area (Å²) in [5.41, 5.74) is 2.51. The Labute approximate surface area is 201 Å². The Morgan fingerprint density at radius 3 is 2.59 bits per heavy atom. The minimum atomic E-state index is -0.0475. The zero-order chi connectivity index (χ0) is 23.9. The van der Waals surface area contributed by atoms with Crippen molar-refractivity contribution in [3.63, 3.8) is 0 Å². The number of carbonyl (C=O) groups excluding carboxylic acids is 1. The van der Waals surface area contributed by atoms with E-state index in [-0.39, 0.29) is 17.9 Å². The summed E-state index contributed by atoms with van der Waals surface area (Å²) in [6.07, 6.45) is 3.98. The van der Waals surface area contributed by atoms with Crippen LogP contribution in [0.1, 0.15) is 73.3 Å². The molecule has 0 aliphatic carbocycles. The number of benzene rings is 2. The molecule has 0 saturated carbocycles. The van der Waals surface area contributed by atoms with Crippen LogP contribution in [0.3, 0.4) is 0 Å². The number of piperidine rings is 1. The van der Waals surface area contributed by atoms with E-state index in [1.807, 2.05) is 23.1 Å². The van der Waals surface area contributed by atoms with E-state index >= 15 is 0 Å². The Morgan fingerprint density at radius 1 is 1.12 bits per heavy atom. The quantitative estimate of drug-likeness (QED) is 0.470. The number of amides is 1. The highest BCUT2D eigenvalue weighted by Crippen LogP contribution is 2.37. The fraction of sp³-hybridized carbons (Fsp3) is 0.444. The molecule has 1 aromatic heterocycles. The van der Waals surface area contributed by atoms with E-state index in [2.05, 4.69) is 53.6 Å². The first kappa shape index (κ1) is 24.0. The maximum atomic E-state index is 13.2. The molecule has 2 atom stereocenters. The Morgan fingerprint density at radius 2 is 1.88 bits per heavy atom. The number of carbonyl (C=O) groups is 1. The summed E-state index contributed by atoms with van der Waals surface area (Å²) < 4.78 is 11.7. The fourth-order valence-electron chi connectivity index (χ4n) is 4.69. The van der Waals surface area contributed by atoms with E-state index in [0.29, 0.717) is 28.7 Å². The smallest absolute Gasteiger partial charge is 0.254 e. The van der Waals surface area contributed by atoms with E-state index in [9.17, 15) is 4.79 Å². The Kier molecular flexibility index (Phi) is 7.95. The van der Waals surface area contributed by atoms with Gasteiger partial charge in [0, 0.05) is 30.1 Å². The van der Waals surface area contributed by atoms with Crippen LogP contribution in [0.15, 0.2) is 52.9 Å². The summed E-state index contributed by atoms with van der Waals surface area (Å²) >= 11 is 0. The average molecular weight is 463 g/mol. The van der Waals surface area contributed by atoms with Crippen LogP contribution < -0.4 is 10.1 Å². The summed E-state index contributed by atoms with van der Waals surface area (Å²) in [5.74, 6) is 1.80. The maximum Gasteiger partial charge on any atom is 0.254 e. The monoisotopic (exact) mass is 462 g/mol. The lowest BCUT2D eigenvalue weighted by atomic mass is 9.85. The Balaban J connectivity index is 1.63. The van der Waals surface area contributed by atoms with Gasteiger partial charge in [-0.1, -0.05) is 44.2 Å². The molecule has 3 aromatic rings. The molecule has 1 aliphatic heterocycles. The molecule has 1 fully saturated rings. The first-order valence-corrected chi connectivity index (χ1v) is 12.2. The summed E-state index contributed by atoms with van der Waals surface area (Å²) in [6, 6.07) is 15.9. The van der Waals surface area contributed by atoms with Crippen LogP contribution in [-0.4, -0.2) is 47.7 Å². The van der Waals surface area contributed by atoms with Gasteiger partial charge in [0.15, 0.2) is 0 Å². The number of hydrogen-bond acceptors (Lipinski definition) is 6. The van der Waals surface area contributed by atoms with Crippen LogP contribution in [-0.2, 0) is 0 Å². The van der Waals surface area contributed by atoms with Crippen molar-refractivity contribution in [3.05, 3.63) is 65.5 Å². The van der Waals surface area contributed by atoms with Gasteiger partial charge in [-0.05, 0) is 56.0 Å². The number of rotatable bonds is 9. The normalized spacial score (nSPS) is 18.0. The van der Waals surface area contributed by atoms with E-state index in [4.69, 9.17) is 9.15 Å². The van der Waals surface area contributed by atoms with Crippen molar-refractivity contribution in [3.8, 4) is 17.2 Å². The van der Waals surface area contributed by atoms with Crippen LogP contribution in [0.5, 0.6) is 5.75 Å². The molecule has 2 heterocycles. The number of hydrogen-bond donors (Lipinski definition) is 1. The van der Waals surface area contributed by atoms with Crippen molar-refractivity contribution in [2.45, 2.75) is 51.5 Å².